The summed E-state index contributed by atoms with van der Waals surface area (Å²) in [6.07, 6.45) is 7.90. The van der Waals surface area contributed by atoms with Gasteiger partial charge in [0.2, 0.25) is 5.88 Å². The highest BCUT2D eigenvalue weighted by Gasteiger charge is 2.40. The van der Waals surface area contributed by atoms with Crippen molar-refractivity contribution < 1.29 is 9.53 Å². The molecule has 4 aromatic rings. The van der Waals surface area contributed by atoms with Gasteiger partial charge in [0.05, 0.1) is 21.2 Å². The largest absolute Gasteiger partial charge is 0.474 e. The molecule has 1 fully saturated rings. The van der Waals surface area contributed by atoms with Crippen molar-refractivity contribution in [1.82, 2.24) is 24.4 Å². The van der Waals surface area contributed by atoms with Crippen LogP contribution in [0.5, 0.6) is 5.88 Å². The number of rotatable bonds is 6. The number of amides is 1. The van der Waals surface area contributed by atoms with Crippen molar-refractivity contribution in [2.45, 2.75) is 18.9 Å². The Morgan fingerprint density at radius 3 is 2.62 bits per heavy atom. The molecule has 8 nitrogen and oxygen atoms in total. The molecule has 3 atom stereocenters. The van der Waals surface area contributed by atoms with Crippen LogP contribution >= 0.6 is 23.2 Å². The van der Waals surface area contributed by atoms with E-state index in [0.717, 1.165) is 5.56 Å². The number of aromatic nitrogens is 4. The van der Waals surface area contributed by atoms with Gasteiger partial charge in [-0.1, -0.05) is 29.3 Å². The molecule has 0 radical (unpaired) electrons. The van der Waals surface area contributed by atoms with E-state index in [1.54, 1.807) is 59.8 Å². The molecule has 1 unspecified atom stereocenters. The van der Waals surface area contributed by atoms with Gasteiger partial charge in [-0.05, 0) is 42.8 Å². The van der Waals surface area contributed by atoms with Crippen LogP contribution in [0.4, 0.5) is 0 Å². The Morgan fingerprint density at radius 1 is 1.11 bits per heavy atom. The maximum Gasteiger partial charge on any atom is 0.255 e. The Bertz CT molecular complexity index is 1440. The van der Waals surface area contributed by atoms with Crippen molar-refractivity contribution in [3.8, 4) is 17.8 Å². The summed E-state index contributed by atoms with van der Waals surface area (Å²) in [4.78, 5) is 28.0. The quantitative estimate of drug-likeness (QED) is 0.340. The van der Waals surface area contributed by atoms with Gasteiger partial charge < -0.3 is 9.64 Å². The third-order valence-corrected chi connectivity index (χ3v) is 7.30. The first-order valence-corrected chi connectivity index (χ1v) is 12.4. The zero-order valence-corrected chi connectivity index (χ0v) is 21.3. The molecule has 37 heavy (non-hydrogen) atoms. The molecule has 5 rings (SSSR count). The number of likely N-dealkylation sites (tertiary alicyclic amines) is 1. The van der Waals surface area contributed by atoms with Crippen LogP contribution in [-0.4, -0.2) is 49.5 Å². The summed E-state index contributed by atoms with van der Waals surface area (Å²) in [6, 6.07) is 14.5. The second-order valence-corrected chi connectivity index (χ2v) is 9.66. The topological polar surface area (TPSA) is 96.9 Å². The van der Waals surface area contributed by atoms with E-state index in [-0.39, 0.29) is 23.8 Å². The van der Waals surface area contributed by atoms with Crippen LogP contribution in [0.25, 0.3) is 5.82 Å². The molecular weight excluding hydrogens is 511 g/mol. The zero-order valence-electron chi connectivity index (χ0n) is 19.8. The number of hydrogen-bond acceptors (Lipinski definition) is 6. The second-order valence-electron chi connectivity index (χ2n) is 8.85. The van der Waals surface area contributed by atoms with Gasteiger partial charge in [0.1, 0.15) is 24.3 Å². The number of halogens is 2. The third-order valence-electron chi connectivity index (χ3n) is 6.56. The summed E-state index contributed by atoms with van der Waals surface area (Å²) < 4.78 is 7.93. The van der Waals surface area contributed by atoms with Crippen molar-refractivity contribution in [1.29, 1.82) is 5.26 Å². The fraction of sp³-hybridized carbons (Fsp3) is 0.222. The lowest BCUT2D eigenvalue weighted by molar-refractivity contribution is 0.0769. The SMILES string of the molecule is C[C@H](Oc1ccc(C#N)cn1)C1CN(C(=O)c2ccc(-n3ccnc3)nc2)C[C@@H]1c1ccc(Cl)c(Cl)c1. The summed E-state index contributed by atoms with van der Waals surface area (Å²) in [5, 5.41) is 9.96. The number of carbonyl (C=O) groups excluding carboxylic acids is 1. The average molecular weight is 533 g/mol. The predicted octanol–water partition coefficient (Wildman–Crippen LogP) is 5.16. The standard InChI is InChI=1S/C27H22Cl2N6O2/c1-17(37-26-7-2-18(11-30)12-33-26)21-14-35(15-22(21)19-3-5-23(28)24(29)10-19)27(36)20-4-6-25(32-13-20)34-9-8-31-16-34/h2-10,12-13,16-17,21-22H,14-15H2,1H3/t17-,21?,22+/m0/s1. The highest BCUT2D eigenvalue weighted by Crippen LogP contribution is 2.38. The van der Waals surface area contributed by atoms with E-state index >= 15 is 0 Å². The number of ether oxygens (including phenoxy) is 1. The van der Waals surface area contributed by atoms with Crippen LogP contribution in [0, 0.1) is 17.2 Å². The molecule has 1 aromatic carbocycles. The molecule has 10 heteroatoms. The molecule has 1 aliphatic heterocycles. The van der Waals surface area contributed by atoms with Gasteiger partial charge in [-0.25, -0.2) is 15.0 Å². The Morgan fingerprint density at radius 2 is 1.97 bits per heavy atom. The third kappa shape index (κ3) is 5.29. The van der Waals surface area contributed by atoms with E-state index in [2.05, 4.69) is 21.0 Å². The first kappa shape index (κ1) is 24.8. The molecule has 0 spiro atoms. The van der Waals surface area contributed by atoms with Crippen LogP contribution in [-0.2, 0) is 0 Å². The van der Waals surface area contributed by atoms with Crippen LogP contribution in [0.2, 0.25) is 10.0 Å². The summed E-state index contributed by atoms with van der Waals surface area (Å²) in [5.74, 6) is 0.908. The van der Waals surface area contributed by atoms with E-state index < -0.39 is 0 Å². The van der Waals surface area contributed by atoms with Gasteiger partial charge in [0.25, 0.3) is 5.91 Å². The average Bonchev–Trinajstić information content (AvgIpc) is 3.61. The molecule has 0 N–H and O–H groups in total. The summed E-state index contributed by atoms with van der Waals surface area (Å²) in [6.45, 7) is 2.92. The molecule has 1 saturated heterocycles. The first-order valence-electron chi connectivity index (χ1n) is 11.6. The van der Waals surface area contributed by atoms with Crippen molar-refractivity contribution >= 4 is 29.1 Å². The second kappa shape index (κ2) is 10.6. The lowest BCUT2D eigenvalue weighted by atomic mass is 9.86. The van der Waals surface area contributed by atoms with Crippen molar-refractivity contribution in [2.75, 3.05) is 13.1 Å². The fourth-order valence-electron chi connectivity index (χ4n) is 4.60. The lowest BCUT2D eigenvalue weighted by Crippen LogP contribution is -2.32. The van der Waals surface area contributed by atoms with Crippen LogP contribution in [0.1, 0.15) is 34.3 Å². The molecule has 0 saturated carbocycles. The smallest absolute Gasteiger partial charge is 0.255 e. The van der Waals surface area contributed by atoms with E-state index in [1.807, 2.05) is 24.0 Å². The van der Waals surface area contributed by atoms with Gasteiger partial charge in [0.15, 0.2) is 0 Å². The number of benzene rings is 1. The summed E-state index contributed by atoms with van der Waals surface area (Å²) in [5.41, 5.74) is 1.94. The van der Waals surface area contributed by atoms with E-state index in [9.17, 15) is 4.79 Å². The highest BCUT2D eigenvalue weighted by molar-refractivity contribution is 6.42. The molecule has 3 aromatic heterocycles. The molecule has 186 valence electrons. The molecule has 1 amide bonds. The number of carbonyl (C=O) groups is 1. The van der Waals surface area contributed by atoms with Gasteiger partial charge in [-0.15, -0.1) is 0 Å². The minimum atomic E-state index is -0.278. The van der Waals surface area contributed by atoms with Crippen LogP contribution in [0.15, 0.2) is 73.6 Å². The molecule has 1 aliphatic rings. The van der Waals surface area contributed by atoms with Crippen molar-refractivity contribution in [2.24, 2.45) is 5.92 Å². The highest BCUT2D eigenvalue weighted by atomic mass is 35.5. The maximum atomic E-state index is 13.5. The number of imidazole rings is 1. The zero-order chi connectivity index (χ0) is 25.9. The molecular formula is C27H22Cl2N6O2. The number of nitrogens with zero attached hydrogens (tertiary/aromatic N) is 6. The Labute approximate surface area is 224 Å². The Hall–Kier alpha value is -3.93. The van der Waals surface area contributed by atoms with Gasteiger partial charge >= 0.3 is 0 Å². The van der Waals surface area contributed by atoms with Gasteiger partial charge in [-0.2, -0.15) is 5.26 Å². The van der Waals surface area contributed by atoms with Crippen LogP contribution in [0.3, 0.4) is 0 Å². The Balaban J connectivity index is 1.39. The van der Waals surface area contributed by atoms with E-state index in [0.29, 0.717) is 46.0 Å². The van der Waals surface area contributed by atoms with Crippen molar-refractivity contribution in [3.05, 3.63) is 100 Å². The normalized spacial score (nSPS) is 17.8. The molecule has 0 bridgehead atoms. The predicted molar refractivity (Wildman–Crippen MR) is 139 cm³/mol. The molecule has 4 heterocycles. The van der Waals surface area contributed by atoms with Crippen LogP contribution < -0.4 is 4.74 Å². The molecule has 0 aliphatic carbocycles. The summed E-state index contributed by atoms with van der Waals surface area (Å²) >= 11 is 12.5. The van der Waals surface area contributed by atoms with E-state index in [1.165, 1.54) is 6.20 Å². The number of hydrogen-bond donors (Lipinski definition) is 0. The van der Waals surface area contributed by atoms with Gasteiger partial charge in [0, 0.05) is 55.8 Å². The minimum Gasteiger partial charge on any atom is -0.474 e. The number of nitriles is 1. The number of pyridine rings is 2. The fourth-order valence-corrected chi connectivity index (χ4v) is 4.91. The Kier molecular flexibility index (Phi) is 7.08. The first-order chi connectivity index (χ1) is 17.9. The maximum absolute atomic E-state index is 13.5. The van der Waals surface area contributed by atoms with Gasteiger partial charge in [-0.3, -0.25) is 9.36 Å². The summed E-state index contributed by atoms with van der Waals surface area (Å²) in [7, 11) is 0. The van der Waals surface area contributed by atoms with E-state index in [4.69, 9.17) is 33.2 Å². The van der Waals surface area contributed by atoms with Crippen molar-refractivity contribution in [3.63, 3.8) is 0 Å². The monoisotopic (exact) mass is 532 g/mol. The lowest BCUT2D eigenvalue weighted by Gasteiger charge is -2.25. The minimum absolute atomic E-state index is 0.0368.